The molecule has 1 nitrogen and oxygen atoms in total. The summed E-state index contributed by atoms with van der Waals surface area (Å²) in [5, 5.41) is 0. The van der Waals surface area contributed by atoms with E-state index in [0.29, 0.717) is 11.7 Å². The summed E-state index contributed by atoms with van der Waals surface area (Å²) in [5.74, 6) is 1.53. The van der Waals surface area contributed by atoms with Crippen LogP contribution in [-0.4, -0.2) is 11.7 Å². The highest BCUT2D eigenvalue weighted by Crippen LogP contribution is 2.54. The van der Waals surface area contributed by atoms with Crippen LogP contribution in [0.5, 0.6) is 0 Å². The number of epoxide rings is 1. The minimum atomic E-state index is 0.317. The van der Waals surface area contributed by atoms with Crippen molar-refractivity contribution in [3.63, 3.8) is 0 Å². The Kier molecular flexibility index (Phi) is 1.54. The summed E-state index contributed by atoms with van der Waals surface area (Å²) >= 11 is 0. The third-order valence-electron chi connectivity index (χ3n) is 3.49. The Morgan fingerprint density at radius 2 is 2.18 bits per heavy atom. The van der Waals surface area contributed by atoms with Crippen molar-refractivity contribution in [3.8, 4) is 0 Å². The third-order valence-corrected chi connectivity index (χ3v) is 3.49. The molecule has 0 radical (unpaired) electrons. The van der Waals surface area contributed by atoms with Crippen molar-refractivity contribution in [3.05, 3.63) is 0 Å². The van der Waals surface area contributed by atoms with Crippen LogP contribution in [0.25, 0.3) is 0 Å². The largest absolute Gasteiger partial charge is 0.365 e. The Morgan fingerprint density at radius 3 is 2.73 bits per heavy atom. The predicted octanol–water partition coefficient (Wildman–Crippen LogP) is 2.60. The molecule has 11 heavy (non-hydrogen) atoms. The maximum Gasteiger partial charge on any atom is 0.0973 e. The second-order valence-corrected chi connectivity index (χ2v) is 4.52. The molecule has 0 bridgehead atoms. The van der Waals surface area contributed by atoms with Crippen LogP contribution in [0.2, 0.25) is 0 Å². The molecule has 2 aliphatic rings. The zero-order valence-electron chi connectivity index (χ0n) is 7.76. The van der Waals surface area contributed by atoms with Gasteiger partial charge in [0.25, 0.3) is 0 Å². The molecule has 64 valence electrons. The van der Waals surface area contributed by atoms with Gasteiger partial charge in [0.1, 0.15) is 0 Å². The average Bonchev–Trinajstić information content (AvgIpc) is 2.64. The van der Waals surface area contributed by atoms with E-state index >= 15 is 0 Å². The standard InChI is InChI=1S/C10H18O/c1-7(2)10-6-4-5-8(3)9(10)11-10/h7-9H,4-6H2,1-3H3. The number of hydrogen-bond donors (Lipinski definition) is 0. The zero-order valence-corrected chi connectivity index (χ0v) is 7.76. The first kappa shape index (κ1) is 7.60. The molecular weight excluding hydrogens is 136 g/mol. The van der Waals surface area contributed by atoms with Crippen molar-refractivity contribution in [1.82, 2.24) is 0 Å². The van der Waals surface area contributed by atoms with Crippen molar-refractivity contribution >= 4 is 0 Å². The molecule has 0 aromatic carbocycles. The maximum atomic E-state index is 5.84. The monoisotopic (exact) mass is 154 g/mol. The van der Waals surface area contributed by atoms with E-state index in [0.717, 1.165) is 11.8 Å². The van der Waals surface area contributed by atoms with E-state index < -0.39 is 0 Å². The predicted molar refractivity (Wildman–Crippen MR) is 45.5 cm³/mol. The van der Waals surface area contributed by atoms with Crippen molar-refractivity contribution in [1.29, 1.82) is 0 Å². The Morgan fingerprint density at radius 1 is 1.45 bits per heavy atom. The molecule has 1 heterocycles. The van der Waals surface area contributed by atoms with E-state index in [1.54, 1.807) is 0 Å². The Balaban J connectivity index is 2.09. The first-order valence-electron chi connectivity index (χ1n) is 4.84. The molecule has 0 amide bonds. The maximum absolute atomic E-state index is 5.84. The van der Waals surface area contributed by atoms with E-state index in [-0.39, 0.29) is 0 Å². The van der Waals surface area contributed by atoms with E-state index in [4.69, 9.17) is 4.74 Å². The lowest BCUT2D eigenvalue weighted by atomic mass is 9.77. The van der Waals surface area contributed by atoms with Crippen LogP contribution in [0, 0.1) is 11.8 Å². The highest BCUT2D eigenvalue weighted by atomic mass is 16.6. The Bertz CT molecular complexity index is 164. The van der Waals surface area contributed by atoms with Gasteiger partial charge in [-0.2, -0.15) is 0 Å². The average molecular weight is 154 g/mol. The molecule has 0 aromatic rings. The van der Waals surface area contributed by atoms with Crippen LogP contribution >= 0.6 is 0 Å². The molecule has 1 aliphatic heterocycles. The summed E-state index contributed by atoms with van der Waals surface area (Å²) in [6.07, 6.45) is 4.66. The molecule has 0 aromatic heterocycles. The fourth-order valence-corrected chi connectivity index (χ4v) is 2.61. The highest BCUT2D eigenvalue weighted by molar-refractivity contribution is 5.09. The number of fused-ring (bicyclic) bond motifs is 1. The van der Waals surface area contributed by atoms with Gasteiger partial charge in [0.2, 0.25) is 0 Å². The van der Waals surface area contributed by atoms with Gasteiger partial charge in [-0.05, 0) is 24.7 Å². The summed E-state index contributed by atoms with van der Waals surface area (Å²) in [4.78, 5) is 0. The fraction of sp³-hybridized carbons (Fsp3) is 1.00. The summed E-state index contributed by atoms with van der Waals surface area (Å²) in [7, 11) is 0. The molecule has 2 rings (SSSR count). The van der Waals surface area contributed by atoms with Gasteiger partial charge in [0.15, 0.2) is 0 Å². The van der Waals surface area contributed by atoms with Crippen LogP contribution in [0.15, 0.2) is 0 Å². The molecule has 1 saturated carbocycles. The normalized spacial score (nSPS) is 49.1. The van der Waals surface area contributed by atoms with Crippen molar-refractivity contribution in [2.75, 3.05) is 0 Å². The van der Waals surface area contributed by atoms with Gasteiger partial charge in [-0.1, -0.05) is 27.2 Å². The van der Waals surface area contributed by atoms with Crippen LogP contribution < -0.4 is 0 Å². The Hall–Kier alpha value is -0.0400. The molecular formula is C10H18O. The molecule has 1 heteroatoms. The van der Waals surface area contributed by atoms with Gasteiger partial charge in [0.05, 0.1) is 11.7 Å². The third kappa shape index (κ3) is 0.936. The molecule has 1 aliphatic carbocycles. The van der Waals surface area contributed by atoms with Gasteiger partial charge < -0.3 is 4.74 Å². The van der Waals surface area contributed by atoms with Crippen molar-refractivity contribution < 1.29 is 4.74 Å². The van der Waals surface area contributed by atoms with Gasteiger partial charge in [-0.3, -0.25) is 0 Å². The lowest BCUT2D eigenvalue weighted by Gasteiger charge is -2.24. The smallest absolute Gasteiger partial charge is 0.0973 e. The summed E-state index contributed by atoms with van der Waals surface area (Å²) in [6.45, 7) is 6.91. The van der Waals surface area contributed by atoms with Gasteiger partial charge >= 0.3 is 0 Å². The molecule has 3 atom stereocenters. The minimum absolute atomic E-state index is 0.317. The van der Waals surface area contributed by atoms with E-state index in [1.165, 1.54) is 19.3 Å². The summed E-state index contributed by atoms with van der Waals surface area (Å²) < 4.78 is 5.84. The van der Waals surface area contributed by atoms with Gasteiger partial charge in [-0.25, -0.2) is 0 Å². The van der Waals surface area contributed by atoms with Crippen molar-refractivity contribution in [2.24, 2.45) is 11.8 Å². The Labute approximate surface area is 69.1 Å². The molecule has 1 saturated heterocycles. The van der Waals surface area contributed by atoms with E-state index in [2.05, 4.69) is 20.8 Å². The topological polar surface area (TPSA) is 12.5 Å². The van der Waals surface area contributed by atoms with Gasteiger partial charge in [0, 0.05) is 0 Å². The first-order valence-corrected chi connectivity index (χ1v) is 4.84. The van der Waals surface area contributed by atoms with Crippen LogP contribution in [-0.2, 0) is 4.74 Å². The second kappa shape index (κ2) is 2.22. The van der Waals surface area contributed by atoms with E-state index in [1.807, 2.05) is 0 Å². The molecule has 0 spiro atoms. The summed E-state index contributed by atoms with van der Waals surface area (Å²) in [6, 6.07) is 0. The second-order valence-electron chi connectivity index (χ2n) is 4.52. The van der Waals surface area contributed by atoms with Crippen molar-refractivity contribution in [2.45, 2.75) is 51.7 Å². The highest BCUT2D eigenvalue weighted by Gasteiger charge is 2.61. The van der Waals surface area contributed by atoms with Crippen LogP contribution in [0.4, 0.5) is 0 Å². The quantitative estimate of drug-likeness (QED) is 0.529. The number of rotatable bonds is 1. The number of hydrogen-bond acceptors (Lipinski definition) is 1. The van der Waals surface area contributed by atoms with Crippen LogP contribution in [0.1, 0.15) is 40.0 Å². The zero-order chi connectivity index (χ0) is 8.06. The number of ether oxygens (including phenoxy) is 1. The summed E-state index contributed by atoms with van der Waals surface area (Å²) in [5.41, 5.74) is 0.317. The molecule has 0 N–H and O–H groups in total. The minimum Gasteiger partial charge on any atom is -0.365 e. The van der Waals surface area contributed by atoms with Gasteiger partial charge in [-0.15, -0.1) is 0 Å². The molecule has 3 unspecified atom stereocenters. The lowest BCUT2D eigenvalue weighted by molar-refractivity contribution is 0.224. The SMILES string of the molecule is CC1CCCC2(C(C)C)OC12. The van der Waals surface area contributed by atoms with E-state index in [9.17, 15) is 0 Å². The molecule has 2 fully saturated rings. The lowest BCUT2D eigenvalue weighted by Crippen LogP contribution is -2.29. The van der Waals surface area contributed by atoms with Crippen LogP contribution in [0.3, 0.4) is 0 Å². The fourth-order valence-electron chi connectivity index (χ4n) is 2.61. The first-order chi connectivity index (χ1) is 5.17.